The van der Waals surface area contributed by atoms with Gasteiger partial charge in [0.25, 0.3) is 0 Å². The Morgan fingerprint density at radius 1 is 1.10 bits per heavy atom. The van der Waals surface area contributed by atoms with Crippen LogP contribution in [-0.2, 0) is 0 Å². The van der Waals surface area contributed by atoms with Crippen molar-refractivity contribution >= 4 is 33.9 Å². The fourth-order valence-electron chi connectivity index (χ4n) is 4.99. The molecule has 2 aromatic carbocycles. The average Bonchev–Trinajstić information content (AvgIpc) is 2.73. The fourth-order valence-corrected chi connectivity index (χ4v) is 5.11. The number of nitrogens with one attached hydrogen (secondary N) is 1. The summed E-state index contributed by atoms with van der Waals surface area (Å²) in [6, 6.07) is 15.1. The minimum absolute atomic E-state index is 0.209. The first-order valence-corrected chi connectivity index (χ1v) is 10.9. The molecule has 1 aromatic heterocycles. The molecule has 30 heavy (non-hydrogen) atoms. The molecule has 154 valence electrons. The number of hydrogen-bond acceptors (Lipinski definition) is 3. The molecule has 5 heteroatoms. The largest absolute Gasteiger partial charge is 0.382 e. The Hall–Kier alpha value is -2.59. The lowest BCUT2D eigenvalue weighted by Crippen LogP contribution is -2.58. The number of fused-ring (bicyclic) bond motifs is 1. The van der Waals surface area contributed by atoms with Gasteiger partial charge >= 0.3 is 0 Å². The number of anilines is 1. The van der Waals surface area contributed by atoms with E-state index in [2.05, 4.69) is 21.8 Å². The van der Waals surface area contributed by atoms with E-state index >= 15 is 0 Å². The van der Waals surface area contributed by atoms with E-state index in [0.717, 1.165) is 58.8 Å². The van der Waals surface area contributed by atoms with Crippen molar-refractivity contribution in [2.75, 3.05) is 18.0 Å². The third-order valence-corrected chi connectivity index (χ3v) is 6.94. The number of halogens is 2. The van der Waals surface area contributed by atoms with Gasteiger partial charge in [0.05, 0.1) is 5.52 Å². The summed E-state index contributed by atoms with van der Waals surface area (Å²) < 4.78 is 13.8. The van der Waals surface area contributed by atoms with E-state index in [4.69, 9.17) is 11.6 Å². The Kier molecular flexibility index (Phi) is 4.90. The molecule has 3 nitrogen and oxygen atoms in total. The van der Waals surface area contributed by atoms with Crippen LogP contribution in [-0.4, -0.2) is 24.1 Å². The van der Waals surface area contributed by atoms with Crippen molar-refractivity contribution in [3.63, 3.8) is 0 Å². The van der Waals surface area contributed by atoms with E-state index in [9.17, 15) is 4.39 Å². The fraction of sp³-hybridized carbons (Fsp3) is 0.320. The summed E-state index contributed by atoms with van der Waals surface area (Å²) >= 11 is 5.98. The molecule has 1 spiro atoms. The maximum absolute atomic E-state index is 13.8. The van der Waals surface area contributed by atoms with E-state index in [1.165, 1.54) is 18.9 Å². The smallest absolute Gasteiger partial charge is 0.124 e. The molecule has 0 atom stereocenters. The molecular weight excluding hydrogens is 397 g/mol. The number of benzene rings is 2. The lowest BCUT2D eigenvalue weighted by molar-refractivity contribution is 0.124. The van der Waals surface area contributed by atoms with Gasteiger partial charge in [-0.15, -0.1) is 0 Å². The molecule has 0 amide bonds. The van der Waals surface area contributed by atoms with Crippen LogP contribution in [0.1, 0.15) is 31.2 Å². The zero-order chi connectivity index (χ0) is 20.7. The van der Waals surface area contributed by atoms with Gasteiger partial charge in [-0.1, -0.05) is 30.3 Å². The molecule has 0 unspecified atom stereocenters. The first-order chi connectivity index (χ1) is 14.5. The summed E-state index contributed by atoms with van der Waals surface area (Å²) in [6.07, 6.45) is 6.51. The molecule has 1 N–H and O–H groups in total. The second kappa shape index (κ2) is 7.59. The van der Waals surface area contributed by atoms with Crippen LogP contribution in [0.25, 0.3) is 16.6 Å². The predicted molar refractivity (Wildman–Crippen MR) is 122 cm³/mol. The SMILES string of the molecule is C=C(NC1CCC2(CC1)CN(c1ccnc3ccc(F)cc13)C2)c1ccc(Cl)cc1. The lowest BCUT2D eigenvalue weighted by atomic mass is 9.67. The Morgan fingerprint density at radius 3 is 2.57 bits per heavy atom. The molecule has 3 aromatic rings. The van der Waals surface area contributed by atoms with Crippen LogP contribution in [0.4, 0.5) is 10.1 Å². The molecule has 2 aliphatic rings. The van der Waals surface area contributed by atoms with Gasteiger partial charge in [-0.2, -0.15) is 0 Å². The minimum atomic E-state index is -0.209. The molecule has 2 heterocycles. The maximum atomic E-state index is 13.8. The van der Waals surface area contributed by atoms with Gasteiger partial charge in [-0.25, -0.2) is 4.39 Å². The van der Waals surface area contributed by atoms with Gasteiger partial charge in [0, 0.05) is 52.5 Å². The van der Waals surface area contributed by atoms with Crippen LogP contribution in [0.3, 0.4) is 0 Å². The summed E-state index contributed by atoms with van der Waals surface area (Å²) in [5, 5.41) is 5.26. The monoisotopic (exact) mass is 421 g/mol. The number of pyridine rings is 1. The molecule has 5 rings (SSSR count). The van der Waals surface area contributed by atoms with Gasteiger partial charge in [-0.05, 0) is 67.6 Å². The normalized spacial score (nSPS) is 18.4. The van der Waals surface area contributed by atoms with E-state index in [1.54, 1.807) is 12.1 Å². The van der Waals surface area contributed by atoms with Crippen LogP contribution >= 0.6 is 11.6 Å². The minimum Gasteiger partial charge on any atom is -0.382 e. The number of aromatic nitrogens is 1. The van der Waals surface area contributed by atoms with Crippen LogP contribution in [0, 0.1) is 11.2 Å². The number of hydrogen-bond donors (Lipinski definition) is 1. The van der Waals surface area contributed by atoms with Crippen molar-refractivity contribution in [1.82, 2.24) is 10.3 Å². The molecule has 1 aliphatic heterocycles. The molecule has 2 fully saturated rings. The second-order valence-corrected chi connectivity index (χ2v) is 9.19. The van der Waals surface area contributed by atoms with Crippen molar-refractivity contribution < 1.29 is 4.39 Å². The summed E-state index contributed by atoms with van der Waals surface area (Å²) in [4.78, 5) is 6.76. The Bertz CT molecular complexity index is 1080. The van der Waals surface area contributed by atoms with E-state index in [0.29, 0.717) is 11.5 Å². The Balaban J connectivity index is 1.20. The average molecular weight is 422 g/mol. The van der Waals surface area contributed by atoms with Crippen LogP contribution in [0.5, 0.6) is 0 Å². The highest BCUT2D eigenvalue weighted by molar-refractivity contribution is 6.30. The highest BCUT2D eigenvalue weighted by Crippen LogP contribution is 2.46. The third-order valence-electron chi connectivity index (χ3n) is 6.69. The van der Waals surface area contributed by atoms with Crippen molar-refractivity contribution in [2.24, 2.45) is 5.41 Å². The zero-order valence-corrected chi connectivity index (χ0v) is 17.6. The van der Waals surface area contributed by atoms with Crippen molar-refractivity contribution in [3.8, 4) is 0 Å². The first kappa shape index (κ1) is 19.4. The van der Waals surface area contributed by atoms with Crippen LogP contribution < -0.4 is 10.2 Å². The Morgan fingerprint density at radius 2 is 1.83 bits per heavy atom. The topological polar surface area (TPSA) is 28.2 Å². The predicted octanol–water partition coefficient (Wildman–Crippen LogP) is 6.04. The zero-order valence-electron chi connectivity index (χ0n) is 16.9. The standard InChI is InChI=1S/C25H25ClFN3/c1-17(18-2-4-19(26)5-3-18)29-21-8-11-25(12-9-21)15-30(16-25)24-10-13-28-23-7-6-20(27)14-22(23)24/h2-7,10,13-14,21,29H,1,8-9,11-12,15-16H2. The van der Waals surface area contributed by atoms with Gasteiger partial charge in [-0.3, -0.25) is 4.98 Å². The molecular formula is C25H25ClFN3. The van der Waals surface area contributed by atoms with E-state index in [-0.39, 0.29) is 5.82 Å². The summed E-state index contributed by atoms with van der Waals surface area (Å²) in [7, 11) is 0. The maximum Gasteiger partial charge on any atom is 0.124 e. The Labute approximate surface area is 181 Å². The van der Waals surface area contributed by atoms with Gasteiger partial charge in [0.2, 0.25) is 0 Å². The quantitative estimate of drug-likeness (QED) is 0.556. The van der Waals surface area contributed by atoms with Gasteiger partial charge < -0.3 is 10.2 Å². The van der Waals surface area contributed by atoms with E-state index < -0.39 is 0 Å². The van der Waals surface area contributed by atoms with Crippen molar-refractivity contribution in [2.45, 2.75) is 31.7 Å². The summed E-state index contributed by atoms with van der Waals surface area (Å²) in [5.74, 6) is -0.209. The second-order valence-electron chi connectivity index (χ2n) is 8.75. The molecule has 1 saturated heterocycles. The highest BCUT2D eigenvalue weighted by atomic mass is 35.5. The van der Waals surface area contributed by atoms with Crippen LogP contribution in [0.15, 0.2) is 61.3 Å². The third kappa shape index (κ3) is 3.65. The van der Waals surface area contributed by atoms with Crippen molar-refractivity contribution in [3.05, 3.63) is 77.7 Å². The van der Waals surface area contributed by atoms with Crippen molar-refractivity contribution in [1.29, 1.82) is 0 Å². The lowest BCUT2D eigenvalue weighted by Gasteiger charge is -2.55. The summed E-state index contributed by atoms with van der Waals surface area (Å²) in [5.41, 5.74) is 4.38. The van der Waals surface area contributed by atoms with Crippen LogP contribution in [0.2, 0.25) is 5.02 Å². The molecule has 0 bridgehead atoms. The molecule has 1 aliphatic carbocycles. The highest BCUT2D eigenvalue weighted by Gasteiger charge is 2.45. The summed E-state index contributed by atoms with van der Waals surface area (Å²) in [6.45, 7) is 6.28. The van der Waals surface area contributed by atoms with Gasteiger partial charge in [0.15, 0.2) is 0 Å². The first-order valence-electron chi connectivity index (χ1n) is 10.5. The van der Waals surface area contributed by atoms with Gasteiger partial charge in [0.1, 0.15) is 5.82 Å². The number of rotatable bonds is 4. The molecule has 1 saturated carbocycles. The molecule has 0 radical (unpaired) electrons. The van der Waals surface area contributed by atoms with E-state index in [1.807, 2.05) is 36.5 Å². The number of nitrogens with zero attached hydrogens (tertiary/aromatic N) is 2.